The van der Waals surface area contributed by atoms with Crippen molar-refractivity contribution in [2.24, 2.45) is 0 Å². The maximum atomic E-state index is 6.36. The van der Waals surface area contributed by atoms with Gasteiger partial charge in [-0.05, 0) is 107 Å². The predicted octanol–water partition coefficient (Wildman–Crippen LogP) is 13.2. The van der Waals surface area contributed by atoms with Crippen molar-refractivity contribution in [3.63, 3.8) is 0 Å². The fourth-order valence-electron chi connectivity index (χ4n) is 7.77. The molecule has 0 atom stereocenters. The molecule has 9 aromatic carbocycles. The van der Waals surface area contributed by atoms with Crippen LogP contribution in [0.1, 0.15) is 0 Å². The lowest BCUT2D eigenvalue weighted by Crippen LogP contribution is -1.92. The minimum absolute atomic E-state index is 0.912. The highest BCUT2D eigenvalue weighted by Crippen LogP contribution is 2.46. The van der Waals surface area contributed by atoms with Crippen molar-refractivity contribution in [2.45, 2.75) is 0 Å². The third-order valence-electron chi connectivity index (χ3n) is 9.83. The summed E-state index contributed by atoms with van der Waals surface area (Å²) in [6, 6.07) is 61.7. The molecule has 0 aliphatic carbocycles. The van der Waals surface area contributed by atoms with Crippen LogP contribution in [0.5, 0.6) is 0 Å². The Morgan fingerprint density at radius 2 is 0.787 bits per heavy atom. The zero-order chi connectivity index (χ0) is 30.9. The van der Waals surface area contributed by atoms with Gasteiger partial charge in [-0.15, -0.1) is 0 Å². The van der Waals surface area contributed by atoms with Crippen LogP contribution in [0.2, 0.25) is 0 Å². The Balaban J connectivity index is 1.29. The van der Waals surface area contributed by atoms with E-state index in [9.17, 15) is 0 Å². The molecule has 1 heteroatoms. The molecule has 47 heavy (non-hydrogen) atoms. The quantitative estimate of drug-likeness (QED) is 0.185. The van der Waals surface area contributed by atoms with Crippen LogP contribution in [0.4, 0.5) is 0 Å². The first kappa shape index (κ1) is 26.1. The van der Waals surface area contributed by atoms with Crippen LogP contribution in [-0.2, 0) is 0 Å². The fourth-order valence-corrected chi connectivity index (χ4v) is 7.77. The van der Waals surface area contributed by atoms with Gasteiger partial charge < -0.3 is 4.42 Å². The number of furan rings is 1. The maximum absolute atomic E-state index is 6.36. The van der Waals surface area contributed by atoms with E-state index < -0.39 is 0 Å². The molecule has 0 amide bonds. The largest absolute Gasteiger partial charge is 0.456 e. The van der Waals surface area contributed by atoms with E-state index in [0.717, 1.165) is 27.5 Å². The highest BCUT2D eigenvalue weighted by molar-refractivity contribution is 6.23. The summed E-state index contributed by atoms with van der Waals surface area (Å²) in [6.45, 7) is 0. The van der Waals surface area contributed by atoms with E-state index in [1.54, 1.807) is 0 Å². The molecule has 10 rings (SSSR count). The van der Waals surface area contributed by atoms with Gasteiger partial charge in [-0.2, -0.15) is 0 Å². The summed E-state index contributed by atoms with van der Waals surface area (Å²) >= 11 is 0. The van der Waals surface area contributed by atoms with Gasteiger partial charge in [0.1, 0.15) is 11.2 Å². The SMILES string of the molecule is c1ccc2c(-c3cc(-c4c5ccccc5c(-c5ccc6c(c5)oc5ccccc56)c5ccccc45)cc4ccccc34)cccc2c1. The van der Waals surface area contributed by atoms with Crippen LogP contribution in [0.15, 0.2) is 174 Å². The number of rotatable bonds is 3. The Morgan fingerprint density at radius 1 is 0.277 bits per heavy atom. The first-order chi connectivity index (χ1) is 23.3. The van der Waals surface area contributed by atoms with Crippen molar-refractivity contribution >= 4 is 65.0 Å². The minimum atomic E-state index is 0.912. The van der Waals surface area contributed by atoms with E-state index in [1.807, 2.05) is 12.1 Å². The number of hydrogen-bond acceptors (Lipinski definition) is 1. The maximum Gasteiger partial charge on any atom is 0.136 e. The zero-order valence-electron chi connectivity index (χ0n) is 25.6. The second-order valence-corrected chi connectivity index (χ2v) is 12.4. The van der Waals surface area contributed by atoms with Crippen molar-refractivity contribution in [1.29, 1.82) is 0 Å². The Morgan fingerprint density at radius 3 is 1.49 bits per heavy atom. The highest BCUT2D eigenvalue weighted by Gasteiger charge is 2.19. The summed E-state index contributed by atoms with van der Waals surface area (Å²) in [5, 5.41) is 12.3. The first-order valence-electron chi connectivity index (χ1n) is 16.2. The summed E-state index contributed by atoms with van der Waals surface area (Å²) in [4.78, 5) is 0. The minimum Gasteiger partial charge on any atom is -0.456 e. The molecule has 0 aliphatic heterocycles. The summed E-state index contributed by atoms with van der Waals surface area (Å²) < 4.78 is 6.36. The van der Waals surface area contributed by atoms with Gasteiger partial charge in [0.15, 0.2) is 0 Å². The molecule has 0 saturated carbocycles. The second kappa shape index (κ2) is 10.2. The van der Waals surface area contributed by atoms with E-state index in [-0.39, 0.29) is 0 Å². The van der Waals surface area contributed by atoms with Crippen LogP contribution in [-0.4, -0.2) is 0 Å². The molecule has 0 radical (unpaired) electrons. The third-order valence-corrected chi connectivity index (χ3v) is 9.83. The van der Waals surface area contributed by atoms with Crippen LogP contribution in [0, 0.1) is 0 Å². The number of benzene rings is 9. The van der Waals surface area contributed by atoms with E-state index in [0.29, 0.717) is 0 Å². The summed E-state index contributed by atoms with van der Waals surface area (Å²) in [5.41, 5.74) is 9.21. The lowest BCUT2D eigenvalue weighted by molar-refractivity contribution is 0.669. The van der Waals surface area contributed by atoms with Crippen molar-refractivity contribution in [3.8, 4) is 33.4 Å². The highest BCUT2D eigenvalue weighted by atomic mass is 16.3. The molecule has 1 nitrogen and oxygen atoms in total. The molecule has 0 N–H and O–H groups in total. The summed E-state index contributed by atoms with van der Waals surface area (Å²) in [7, 11) is 0. The third kappa shape index (κ3) is 3.97. The predicted molar refractivity (Wildman–Crippen MR) is 200 cm³/mol. The van der Waals surface area contributed by atoms with Crippen LogP contribution >= 0.6 is 0 Å². The van der Waals surface area contributed by atoms with Gasteiger partial charge in [-0.25, -0.2) is 0 Å². The van der Waals surface area contributed by atoms with Gasteiger partial charge in [-0.1, -0.05) is 140 Å². The average Bonchev–Trinajstić information content (AvgIpc) is 3.51. The van der Waals surface area contributed by atoms with Crippen LogP contribution < -0.4 is 0 Å². The Hall–Kier alpha value is -6.18. The van der Waals surface area contributed by atoms with Gasteiger partial charge in [0.2, 0.25) is 0 Å². The molecule has 0 bridgehead atoms. The molecule has 218 valence electrons. The van der Waals surface area contributed by atoms with Crippen molar-refractivity contribution < 1.29 is 4.42 Å². The van der Waals surface area contributed by atoms with Crippen LogP contribution in [0.25, 0.3) is 98.4 Å². The molecular formula is C46H28O. The Labute approximate surface area is 271 Å². The average molecular weight is 597 g/mol. The molecule has 1 heterocycles. The van der Waals surface area contributed by atoms with Crippen molar-refractivity contribution in [3.05, 3.63) is 170 Å². The standard InChI is InChI=1S/C46H28O/c1-3-15-33-29(12-1)14-11-22-35(33)42-27-32(26-30-13-2-4-16-34(30)42)46-40-20-7-5-18-38(40)45(39-19-6-8-21-41(39)46)31-24-25-37-36-17-9-10-23-43(36)47-44(37)28-31/h1-28H. The fraction of sp³-hybridized carbons (Fsp3) is 0. The second-order valence-electron chi connectivity index (χ2n) is 12.4. The zero-order valence-corrected chi connectivity index (χ0v) is 25.6. The first-order valence-corrected chi connectivity index (χ1v) is 16.2. The van der Waals surface area contributed by atoms with Crippen molar-refractivity contribution in [2.75, 3.05) is 0 Å². The molecular weight excluding hydrogens is 569 g/mol. The topological polar surface area (TPSA) is 13.1 Å². The van der Waals surface area contributed by atoms with E-state index in [2.05, 4.69) is 158 Å². The van der Waals surface area contributed by atoms with E-state index in [1.165, 1.54) is 70.9 Å². The smallest absolute Gasteiger partial charge is 0.136 e. The normalized spacial score (nSPS) is 11.8. The lowest BCUT2D eigenvalue weighted by atomic mass is 9.84. The molecule has 0 spiro atoms. The molecule has 1 aromatic heterocycles. The molecule has 0 fully saturated rings. The van der Waals surface area contributed by atoms with Crippen molar-refractivity contribution in [1.82, 2.24) is 0 Å². The molecule has 0 aliphatic rings. The van der Waals surface area contributed by atoms with Gasteiger partial charge in [-0.3, -0.25) is 0 Å². The Bertz CT molecular complexity index is 2790. The Kier molecular flexibility index (Phi) is 5.64. The van der Waals surface area contributed by atoms with E-state index in [4.69, 9.17) is 4.42 Å². The molecule has 0 saturated heterocycles. The molecule has 10 aromatic rings. The number of hydrogen-bond donors (Lipinski definition) is 0. The number of fused-ring (bicyclic) bond motifs is 7. The van der Waals surface area contributed by atoms with Gasteiger partial charge in [0.05, 0.1) is 0 Å². The molecule has 0 unspecified atom stereocenters. The lowest BCUT2D eigenvalue weighted by Gasteiger charge is -2.19. The van der Waals surface area contributed by atoms with Gasteiger partial charge in [0, 0.05) is 10.8 Å². The van der Waals surface area contributed by atoms with Gasteiger partial charge in [0.25, 0.3) is 0 Å². The van der Waals surface area contributed by atoms with Gasteiger partial charge >= 0.3 is 0 Å². The monoisotopic (exact) mass is 596 g/mol. The summed E-state index contributed by atoms with van der Waals surface area (Å²) in [6.07, 6.45) is 0. The van der Waals surface area contributed by atoms with Crippen LogP contribution in [0.3, 0.4) is 0 Å². The van der Waals surface area contributed by atoms with E-state index >= 15 is 0 Å². The number of para-hydroxylation sites is 1. The summed E-state index contributed by atoms with van der Waals surface area (Å²) in [5.74, 6) is 0.